The van der Waals surface area contributed by atoms with Gasteiger partial charge in [-0.25, -0.2) is 9.97 Å². The van der Waals surface area contributed by atoms with E-state index in [0.717, 1.165) is 12.2 Å². The SMILES string of the molecule is CC(CNc1cncnc1)C(C)(C)C. The van der Waals surface area contributed by atoms with Crippen LogP contribution in [0.25, 0.3) is 0 Å². The number of hydrogen-bond acceptors (Lipinski definition) is 3. The van der Waals surface area contributed by atoms with Gasteiger partial charge < -0.3 is 5.32 Å². The Labute approximate surface area is 86.0 Å². The van der Waals surface area contributed by atoms with Gasteiger partial charge in [-0.05, 0) is 11.3 Å². The summed E-state index contributed by atoms with van der Waals surface area (Å²) in [5.74, 6) is 0.614. The zero-order chi connectivity index (χ0) is 10.6. The summed E-state index contributed by atoms with van der Waals surface area (Å²) in [6.45, 7) is 9.95. The molecule has 1 atom stereocenters. The van der Waals surface area contributed by atoms with E-state index in [2.05, 4.69) is 43.0 Å². The first-order valence-corrected chi connectivity index (χ1v) is 4.99. The van der Waals surface area contributed by atoms with E-state index in [1.54, 1.807) is 18.7 Å². The Hall–Kier alpha value is -1.12. The molecule has 0 spiro atoms. The van der Waals surface area contributed by atoms with E-state index in [-0.39, 0.29) is 0 Å². The lowest BCUT2D eigenvalue weighted by Crippen LogP contribution is -2.24. The van der Waals surface area contributed by atoms with E-state index < -0.39 is 0 Å². The van der Waals surface area contributed by atoms with E-state index in [0.29, 0.717) is 11.3 Å². The Balaban J connectivity index is 2.42. The Morgan fingerprint density at radius 1 is 1.29 bits per heavy atom. The molecule has 1 rings (SSSR count). The van der Waals surface area contributed by atoms with Crippen LogP contribution in [-0.4, -0.2) is 16.5 Å². The predicted octanol–water partition coefficient (Wildman–Crippen LogP) is 2.57. The number of rotatable bonds is 3. The molecule has 0 saturated carbocycles. The molecule has 0 aliphatic carbocycles. The van der Waals surface area contributed by atoms with Crippen LogP contribution in [0.1, 0.15) is 27.7 Å². The number of aromatic nitrogens is 2. The Kier molecular flexibility index (Phi) is 3.44. The Morgan fingerprint density at radius 2 is 1.86 bits per heavy atom. The largest absolute Gasteiger partial charge is 0.382 e. The fourth-order valence-corrected chi connectivity index (χ4v) is 0.968. The molecule has 1 aromatic rings. The summed E-state index contributed by atoms with van der Waals surface area (Å²) in [4.78, 5) is 7.90. The van der Waals surface area contributed by atoms with Crippen molar-refractivity contribution in [1.29, 1.82) is 0 Å². The summed E-state index contributed by atoms with van der Waals surface area (Å²) in [5.41, 5.74) is 1.33. The van der Waals surface area contributed by atoms with Crippen molar-refractivity contribution < 1.29 is 0 Å². The first-order valence-electron chi connectivity index (χ1n) is 4.99. The van der Waals surface area contributed by atoms with Gasteiger partial charge in [0.05, 0.1) is 18.1 Å². The van der Waals surface area contributed by atoms with Crippen molar-refractivity contribution in [2.75, 3.05) is 11.9 Å². The highest BCUT2D eigenvalue weighted by molar-refractivity contribution is 5.36. The molecule has 1 aromatic heterocycles. The van der Waals surface area contributed by atoms with E-state index >= 15 is 0 Å². The molecule has 0 fully saturated rings. The van der Waals surface area contributed by atoms with Gasteiger partial charge in [0, 0.05) is 6.54 Å². The van der Waals surface area contributed by atoms with Crippen molar-refractivity contribution in [3.63, 3.8) is 0 Å². The molecule has 1 heterocycles. The third-order valence-corrected chi connectivity index (χ3v) is 2.65. The van der Waals surface area contributed by atoms with Crippen LogP contribution < -0.4 is 5.32 Å². The first-order chi connectivity index (χ1) is 6.50. The molecule has 3 heteroatoms. The van der Waals surface area contributed by atoms with Gasteiger partial charge in [0.2, 0.25) is 0 Å². The van der Waals surface area contributed by atoms with Crippen molar-refractivity contribution in [3.05, 3.63) is 18.7 Å². The van der Waals surface area contributed by atoms with Crippen LogP contribution in [0.5, 0.6) is 0 Å². The number of hydrogen-bond donors (Lipinski definition) is 1. The maximum absolute atomic E-state index is 3.95. The van der Waals surface area contributed by atoms with Crippen molar-refractivity contribution in [1.82, 2.24) is 9.97 Å². The molecule has 14 heavy (non-hydrogen) atoms. The molecule has 1 N–H and O–H groups in total. The van der Waals surface area contributed by atoms with Crippen molar-refractivity contribution in [2.45, 2.75) is 27.7 Å². The maximum Gasteiger partial charge on any atom is 0.115 e. The van der Waals surface area contributed by atoms with Crippen LogP contribution in [0.3, 0.4) is 0 Å². The zero-order valence-corrected chi connectivity index (χ0v) is 9.41. The molecule has 0 aromatic carbocycles. The standard InChI is InChI=1S/C11H19N3/c1-9(11(2,3)4)5-14-10-6-12-8-13-7-10/h6-9,14H,5H2,1-4H3. The molecule has 3 nitrogen and oxygen atoms in total. The summed E-state index contributed by atoms with van der Waals surface area (Å²) >= 11 is 0. The van der Waals surface area contributed by atoms with Crippen LogP contribution in [-0.2, 0) is 0 Å². The third kappa shape index (κ3) is 3.32. The highest BCUT2D eigenvalue weighted by Crippen LogP contribution is 2.25. The molecule has 0 saturated heterocycles. The Bertz CT molecular complexity index is 264. The van der Waals surface area contributed by atoms with Gasteiger partial charge in [-0.15, -0.1) is 0 Å². The van der Waals surface area contributed by atoms with Crippen LogP contribution >= 0.6 is 0 Å². The number of anilines is 1. The molecule has 0 radical (unpaired) electrons. The summed E-state index contributed by atoms with van der Waals surface area (Å²) in [6, 6.07) is 0. The van der Waals surface area contributed by atoms with E-state index in [1.807, 2.05) is 0 Å². The van der Waals surface area contributed by atoms with E-state index in [4.69, 9.17) is 0 Å². The number of nitrogens with zero attached hydrogens (tertiary/aromatic N) is 2. The quantitative estimate of drug-likeness (QED) is 0.801. The van der Waals surface area contributed by atoms with Crippen LogP contribution in [0, 0.1) is 11.3 Å². The molecule has 78 valence electrons. The van der Waals surface area contributed by atoms with Crippen molar-refractivity contribution in [3.8, 4) is 0 Å². The zero-order valence-electron chi connectivity index (χ0n) is 9.41. The topological polar surface area (TPSA) is 37.8 Å². The van der Waals surface area contributed by atoms with Crippen LogP contribution in [0.15, 0.2) is 18.7 Å². The minimum Gasteiger partial charge on any atom is -0.382 e. The first kappa shape index (κ1) is 11.0. The van der Waals surface area contributed by atoms with Gasteiger partial charge in [-0.2, -0.15) is 0 Å². The lowest BCUT2D eigenvalue weighted by Gasteiger charge is -2.27. The Morgan fingerprint density at radius 3 is 2.36 bits per heavy atom. The lowest BCUT2D eigenvalue weighted by molar-refractivity contribution is 0.274. The molecule has 0 amide bonds. The molecule has 0 aliphatic rings. The van der Waals surface area contributed by atoms with Gasteiger partial charge in [-0.3, -0.25) is 0 Å². The minimum atomic E-state index is 0.336. The summed E-state index contributed by atoms with van der Waals surface area (Å²) < 4.78 is 0. The second kappa shape index (κ2) is 4.40. The molecule has 0 bridgehead atoms. The van der Waals surface area contributed by atoms with Crippen LogP contribution in [0.2, 0.25) is 0 Å². The van der Waals surface area contributed by atoms with Gasteiger partial charge in [0.1, 0.15) is 6.33 Å². The normalized spacial score (nSPS) is 13.7. The highest BCUT2D eigenvalue weighted by atomic mass is 14.9. The minimum absolute atomic E-state index is 0.336. The van der Waals surface area contributed by atoms with Gasteiger partial charge in [0.25, 0.3) is 0 Å². The molecular formula is C11H19N3. The van der Waals surface area contributed by atoms with Gasteiger partial charge in [-0.1, -0.05) is 27.7 Å². The molecular weight excluding hydrogens is 174 g/mol. The predicted molar refractivity (Wildman–Crippen MR) is 59.1 cm³/mol. The molecule has 1 unspecified atom stereocenters. The van der Waals surface area contributed by atoms with Crippen molar-refractivity contribution in [2.24, 2.45) is 11.3 Å². The lowest BCUT2D eigenvalue weighted by atomic mass is 9.82. The average molecular weight is 193 g/mol. The maximum atomic E-state index is 3.95. The summed E-state index contributed by atoms with van der Waals surface area (Å²) in [5, 5.41) is 3.33. The monoisotopic (exact) mass is 193 g/mol. The molecule has 0 aliphatic heterocycles. The van der Waals surface area contributed by atoms with Crippen molar-refractivity contribution >= 4 is 5.69 Å². The highest BCUT2D eigenvalue weighted by Gasteiger charge is 2.19. The van der Waals surface area contributed by atoms with Gasteiger partial charge in [0.15, 0.2) is 0 Å². The summed E-state index contributed by atoms with van der Waals surface area (Å²) in [7, 11) is 0. The fraction of sp³-hybridized carbons (Fsp3) is 0.636. The third-order valence-electron chi connectivity index (χ3n) is 2.65. The van der Waals surface area contributed by atoms with E-state index in [9.17, 15) is 0 Å². The average Bonchev–Trinajstić information content (AvgIpc) is 2.14. The summed E-state index contributed by atoms with van der Waals surface area (Å²) in [6.07, 6.45) is 5.13. The second-order valence-electron chi connectivity index (χ2n) is 4.78. The number of nitrogens with one attached hydrogen (secondary N) is 1. The smallest absolute Gasteiger partial charge is 0.115 e. The van der Waals surface area contributed by atoms with Crippen LogP contribution in [0.4, 0.5) is 5.69 Å². The van der Waals surface area contributed by atoms with E-state index in [1.165, 1.54) is 0 Å². The second-order valence-corrected chi connectivity index (χ2v) is 4.78. The van der Waals surface area contributed by atoms with Gasteiger partial charge >= 0.3 is 0 Å². The fourth-order valence-electron chi connectivity index (χ4n) is 0.968.